The van der Waals surface area contributed by atoms with Gasteiger partial charge in [0.25, 0.3) is 0 Å². The third kappa shape index (κ3) is 12.0. The van der Waals surface area contributed by atoms with Gasteiger partial charge in [-0.15, -0.1) is 30.1 Å². The van der Waals surface area contributed by atoms with Crippen LogP contribution in [0.1, 0.15) is 40.2 Å². The van der Waals surface area contributed by atoms with Crippen molar-refractivity contribution in [2.75, 3.05) is 5.75 Å². The van der Waals surface area contributed by atoms with Crippen molar-refractivity contribution in [2.24, 2.45) is 0 Å². The molecule has 0 spiro atoms. The van der Waals surface area contributed by atoms with Crippen LogP contribution in [0.5, 0.6) is 0 Å². The summed E-state index contributed by atoms with van der Waals surface area (Å²) in [7, 11) is 0. The average molecular weight is 431 g/mol. The fourth-order valence-corrected chi connectivity index (χ4v) is 5.42. The molecule has 0 N–H and O–H groups in total. The van der Waals surface area contributed by atoms with Gasteiger partial charge in [0.1, 0.15) is 9.31 Å². The van der Waals surface area contributed by atoms with E-state index in [1.807, 2.05) is 43.3 Å². The van der Waals surface area contributed by atoms with Crippen LogP contribution < -0.4 is 0 Å². The van der Waals surface area contributed by atoms with Crippen LogP contribution in [-0.2, 0) is 4.79 Å². The van der Waals surface area contributed by atoms with Crippen LogP contribution in [0, 0.1) is 0 Å². The highest BCUT2D eigenvalue weighted by molar-refractivity contribution is 8.47. The maximum absolute atomic E-state index is 10.8. The number of Topliss-reactive ketones (excluding diaryl/α,β-unsaturated/α-hetero) is 1. The Kier molecular flexibility index (Phi) is 13.0. The molecule has 6 heteroatoms. The molecule has 1 aromatic carbocycles. The van der Waals surface area contributed by atoms with E-state index in [1.165, 1.54) is 11.8 Å². The van der Waals surface area contributed by atoms with Crippen molar-refractivity contribution in [1.82, 2.24) is 0 Å². The molecule has 0 aromatic heterocycles. The molecule has 0 aliphatic rings. The maximum Gasteiger partial charge on any atom is 0.142 e. The third-order valence-electron chi connectivity index (χ3n) is 2.96. The highest BCUT2D eigenvalue weighted by Crippen LogP contribution is 2.29. The summed E-state index contributed by atoms with van der Waals surface area (Å²) in [5, 5.41) is 0.0153. The van der Waals surface area contributed by atoms with Gasteiger partial charge in [-0.1, -0.05) is 79.5 Å². The van der Waals surface area contributed by atoms with Gasteiger partial charge in [-0.05, 0) is 39.0 Å². The van der Waals surface area contributed by atoms with Gasteiger partial charge in [0.05, 0.1) is 9.45 Å². The summed E-state index contributed by atoms with van der Waals surface area (Å²) < 4.78 is 1.80. The molecular formula is C19H26OS5. The van der Waals surface area contributed by atoms with E-state index in [2.05, 4.69) is 27.4 Å². The van der Waals surface area contributed by atoms with Crippen molar-refractivity contribution in [1.29, 1.82) is 0 Å². The highest BCUT2D eigenvalue weighted by atomic mass is 32.2. The minimum Gasteiger partial charge on any atom is -0.299 e. The third-order valence-corrected chi connectivity index (χ3v) is 7.25. The lowest BCUT2D eigenvalue weighted by Crippen LogP contribution is -2.13. The van der Waals surface area contributed by atoms with E-state index in [0.29, 0.717) is 0 Å². The largest absolute Gasteiger partial charge is 0.299 e. The molecule has 1 unspecified atom stereocenters. The first kappa shape index (κ1) is 24.9. The van der Waals surface area contributed by atoms with Gasteiger partial charge < -0.3 is 0 Å². The van der Waals surface area contributed by atoms with E-state index in [1.54, 1.807) is 30.4 Å². The number of carbonyl (C=O) groups excluding carboxylic acids is 1. The van der Waals surface area contributed by atoms with Crippen LogP contribution in [0.15, 0.2) is 43.0 Å². The molecule has 0 saturated heterocycles. The summed E-state index contributed by atoms with van der Waals surface area (Å²) in [5.74, 6) is 1.17. The standard InChI is InChI=1S/C12H14S2.C7H12OS3/c1-4-12(2,3)14-11(13)10-8-6-5-7-9-10;1-4-10-7(9)11-6(3)5(2)8/h4-9H,1H2,2-3H3;6H,4H2,1-3H3. The fourth-order valence-electron chi connectivity index (χ4n) is 1.29. The quantitative estimate of drug-likeness (QED) is 0.362. The molecule has 0 saturated carbocycles. The number of carbonyl (C=O) groups is 1. The van der Waals surface area contributed by atoms with E-state index < -0.39 is 0 Å². The first-order valence-electron chi connectivity index (χ1n) is 7.88. The Morgan fingerprint density at radius 2 is 1.84 bits per heavy atom. The molecule has 1 atom stereocenters. The molecule has 1 nitrogen and oxygen atoms in total. The van der Waals surface area contributed by atoms with Crippen molar-refractivity contribution in [2.45, 2.75) is 44.6 Å². The average Bonchev–Trinajstić information content (AvgIpc) is 2.56. The Morgan fingerprint density at radius 1 is 1.28 bits per heavy atom. The molecule has 0 bridgehead atoms. The van der Waals surface area contributed by atoms with Gasteiger partial charge in [-0.3, -0.25) is 4.79 Å². The number of thiocarbonyl (C=S) groups is 2. The van der Waals surface area contributed by atoms with Crippen LogP contribution in [0.25, 0.3) is 0 Å². The van der Waals surface area contributed by atoms with Crippen molar-refractivity contribution < 1.29 is 4.79 Å². The SMILES string of the molecule is C=CC(C)(C)SC(=S)c1ccccc1.CCSC(=S)SC(C)C(C)=O. The topological polar surface area (TPSA) is 17.1 Å². The van der Waals surface area contributed by atoms with Gasteiger partial charge in [-0.2, -0.15) is 0 Å². The van der Waals surface area contributed by atoms with Crippen LogP contribution in [0.2, 0.25) is 0 Å². The molecular weight excluding hydrogens is 405 g/mol. The van der Waals surface area contributed by atoms with Crippen LogP contribution in [0.3, 0.4) is 0 Å². The van der Waals surface area contributed by atoms with Crippen molar-refractivity contribution in [3.63, 3.8) is 0 Å². The zero-order valence-corrected chi connectivity index (χ0v) is 19.5. The maximum atomic E-state index is 10.8. The summed E-state index contributed by atoms with van der Waals surface area (Å²) in [6.45, 7) is 13.6. The molecule has 138 valence electrons. The molecule has 0 radical (unpaired) electrons. The van der Waals surface area contributed by atoms with Gasteiger partial charge in [0, 0.05) is 4.75 Å². The Bertz CT molecular complexity index is 581. The minimum atomic E-state index is 0.00687. The molecule has 0 aliphatic carbocycles. The molecule has 0 heterocycles. The summed E-state index contributed by atoms with van der Waals surface area (Å²) in [6, 6.07) is 10.1. The van der Waals surface area contributed by atoms with E-state index in [-0.39, 0.29) is 15.8 Å². The first-order chi connectivity index (χ1) is 11.6. The molecule has 1 aromatic rings. The lowest BCUT2D eigenvalue weighted by Gasteiger charge is -2.19. The zero-order chi connectivity index (χ0) is 19.5. The smallest absolute Gasteiger partial charge is 0.142 e. The Balaban J connectivity index is 0.000000477. The lowest BCUT2D eigenvalue weighted by molar-refractivity contribution is -0.116. The lowest BCUT2D eigenvalue weighted by atomic mass is 10.2. The summed E-state index contributed by atoms with van der Waals surface area (Å²) >= 11 is 15.1. The van der Waals surface area contributed by atoms with E-state index >= 15 is 0 Å². The monoisotopic (exact) mass is 430 g/mol. The second-order valence-electron chi connectivity index (χ2n) is 5.62. The van der Waals surface area contributed by atoms with Crippen LogP contribution in [0.4, 0.5) is 0 Å². The second kappa shape index (κ2) is 13.1. The van der Waals surface area contributed by atoms with Crippen LogP contribution in [-0.4, -0.2) is 29.3 Å². The second-order valence-corrected chi connectivity index (χ2v) is 11.8. The van der Waals surface area contributed by atoms with Gasteiger partial charge >= 0.3 is 0 Å². The molecule has 1 rings (SSSR count). The first-order valence-corrected chi connectivity index (χ1v) is 11.4. The van der Waals surface area contributed by atoms with E-state index in [0.717, 1.165) is 19.0 Å². The normalized spacial score (nSPS) is 11.7. The molecule has 0 amide bonds. The zero-order valence-electron chi connectivity index (χ0n) is 15.4. The summed E-state index contributed by atoms with van der Waals surface area (Å²) in [6.07, 6.45) is 1.92. The number of thioether (sulfide) groups is 3. The van der Waals surface area contributed by atoms with E-state index in [9.17, 15) is 4.79 Å². The predicted octanol–water partition coefficient (Wildman–Crippen LogP) is 6.80. The number of hydrogen-bond acceptors (Lipinski definition) is 6. The fraction of sp³-hybridized carbons (Fsp3) is 0.421. The van der Waals surface area contributed by atoms with E-state index in [4.69, 9.17) is 24.4 Å². The van der Waals surface area contributed by atoms with Crippen molar-refractivity contribution in [3.05, 3.63) is 48.6 Å². The van der Waals surface area contributed by atoms with Gasteiger partial charge in [0.15, 0.2) is 0 Å². The number of hydrogen-bond donors (Lipinski definition) is 0. The van der Waals surface area contributed by atoms with Crippen molar-refractivity contribution in [3.8, 4) is 0 Å². The van der Waals surface area contributed by atoms with Gasteiger partial charge in [-0.25, -0.2) is 0 Å². The number of rotatable bonds is 6. The Hall–Kier alpha value is -0.140. The molecule has 0 fully saturated rings. The summed E-state index contributed by atoms with van der Waals surface area (Å²) in [4.78, 5) is 10.8. The Labute approximate surface area is 176 Å². The van der Waals surface area contributed by atoms with Crippen LogP contribution >= 0.6 is 59.7 Å². The highest BCUT2D eigenvalue weighted by Gasteiger charge is 2.16. The van der Waals surface area contributed by atoms with Gasteiger partial charge in [0.2, 0.25) is 0 Å². The predicted molar refractivity (Wildman–Crippen MR) is 128 cm³/mol. The number of benzene rings is 1. The minimum absolute atomic E-state index is 0.00687. The number of ketones is 1. The Morgan fingerprint density at radius 3 is 2.28 bits per heavy atom. The van der Waals surface area contributed by atoms with Crippen molar-refractivity contribution >= 4 is 73.2 Å². The molecule has 25 heavy (non-hydrogen) atoms. The summed E-state index contributed by atoms with van der Waals surface area (Å²) in [5.41, 5.74) is 1.11. The molecule has 0 aliphatic heterocycles.